The van der Waals surface area contributed by atoms with Crippen LogP contribution in [0.15, 0.2) is 47.3 Å². The number of Topliss-reactive ketones (excluding diaryl/α,β-unsaturated/α-hetero) is 1. The first kappa shape index (κ1) is 31.1. The predicted octanol–water partition coefficient (Wildman–Crippen LogP) is 5.49. The summed E-state index contributed by atoms with van der Waals surface area (Å²) in [4.78, 5) is 41.7. The van der Waals surface area contributed by atoms with Crippen LogP contribution in [0.2, 0.25) is 5.02 Å². The number of nitrogens with zero attached hydrogens (tertiary/aromatic N) is 3. The Morgan fingerprint density at radius 1 is 1.15 bits per heavy atom. The van der Waals surface area contributed by atoms with E-state index in [0.717, 1.165) is 11.8 Å². The van der Waals surface area contributed by atoms with Crippen molar-refractivity contribution in [1.82, 2.24) is 14.3 Å². The number of hydrogen-bond acceptors (Lipinski definition) is 5. The molecule has 0 saturated heterocycles. The first-order valence-electron chi connectivity index (χ1n) is 13.3. The smallest absolute Gasteiger partial charge is 0.295 e. The molecule has 0 aliphatic carbocycles. The fourth-order valence-corrected chi connectivity index (χ4v) is 4.73. The number of nitrogens with one attached hydrogen (secondary N) is 1. The van der Waals surface area contributed by atoms with Gasteiger partial charge in [-0.25, -0.2) is 9.07 Å². The minimum atomic E-state index is -0.657. The first-order chi connectivity index (χ1) is 18.8. The Morgan fingerprint density at radius 3 is 2.45 bits per heavy atom. The number of benzene rings is 2. The van der Waals surface area contributed by atoms with Gasteiger partial charge in [-0.1, -0.05) is 43.6 Å². The number of amides is 1. The van der Waals surface area contributed by atoms with E-state index in [9.17, 15) is 18.8 Å². The lowest BCUT2D eigenvalue weighted by atomic mass is 9.82. The van der Waals surface area contributed by atoms with Crippen molar-refractivity contribution in [3.63, 3.8) is 0 Å². The number of aromatic nitrogens is 2. The number of para-hydroxylation sites is 1. The maximum atomic E-state index is 13.9. The fraction of sp³-hybridized carbons (Fsp3) is 0.433. The molecule has 3 rings (SSSR count). The van der Waals surface area contributed by atoms with Crippen LogP contribution in [0.4, 0.5) is 10.1 Å². The molecule has 0 saturated carbocycles. The van der Waals surface area contributed by atoms with Gasteiger partial charge in [-0.15, -0.1) is 0 Å². The highest BCUT2D eigenvalue weighted by Gasteiger charge is 2.27. The van der Waals surface area contributed by atoms with Crippen LogP contribution in [0, 0.1) is 11.2 Å². The van der Waals surface area contributed by atoms with Gasteiger partial charge in [0, 0.05) is 38.9 Å². The molecule has 0 unspecified atom stereocenters. The third-order valence-corrected chi connectivity index (χ3v) is 7.03. The topological polar surface area (TPSA) is 85.6 Å². The number of ketones is 1. The summed E-state index contributed by atoms with van der Waals surface area (Å²) < 4.78 is 22.7. The molecule has 2 aromatic carbocycles. The molecular weight excluding hydrogens is 535 g/mol. The maximum absolute atomic E-state index is 13.9. The second-order valence-corrected chi connectivity index (χ2v) is 11.3. The van der Waals surface area contributed by atoms with Crippen molar-refractivity contribution in [3.8, 4) is 11.4 Å². The van der Waals surface area contributed by atoms with Crippen LogP contribution in [0.5, 0.6) is 5.75 Å². The van der Waals surface area contributed by atoms with E-state index in [1.165, 1.54) is 6.07 Å². The van der Waals surface area contributed by atoms with E-state index in [2.05, 4.69) is 5.32 Å². The van der Waals surface area contributed by atoms with Gasteiger partial charge < -0.3 is 15.0 Å². The molecule has 10 heteroatoms. The average molecular weight is 573 g/mol. The summed E-state index contributed by atoms with van der Waals surface area (Å²) in [5, 5.41) is 2.72. The number of carbonyl (C=O) groups is 2. The highest BCUT2D eigenvalue weighted by molar-refractivity contribution is 6.31. The van der Waals surface area contributed by atoms with Crippen molar-refractivity contribution >= 4 is 29.0 Å². The predicted molar refractivity (Wildman–Crippen MR) is 156 cm³/mol. The Bertz CT molecular complexity index is 1410. The molecule has 0 fully saturated rings. The SMILES string of the molecule is CCOc1cc(F)c(Cl)cc1C(=O)CCC(C)(C)CC(=O)Nc1c(CCN(C)C)n(C)n(-c2ccccc2)c1=O. The Hall–Kier alpha value is -3.43. The molecule has 1 heterocycles. The molecule has 8 nitrogen and oxygen atoms in total. The first-order valence-corrected chi connectivity index (χ1v) is 13.7. The van der Waals surface area contributed by atoms with Crippen molar-refractivity contribution in [1.29, 1.82) is 0 Å². The van der Waals surface area contributed by atoms with E-state index in [1.807, 2.05) is 70.2 Å². The standard InChI is InChI=1S/C30H38ClFN4O4/c1-7-40-26-18-23(32)22(31)17-21(26)25(37)13-15-30(2,3)19-27(38)33-28-24(14-16-34(4)5)35(6)36(29(28)39)20-11-9-8-10-12-20/h8-12,17-18H,7,13-16,19H2,1-6H3,(H,33,38). The van der Waals surface area contributed by atoms with Crippen molar-refractivity contribution in [2.75, 3.05) is 32.6 Å². The number of anilines is 1. The monoisotopic (exact) mass is 572 g/mol. The van der Waals surface area contributed by atoms with Gasteiger partial charge in [0.25, 0.3) is 5.56 Å². The second kappa shape index (κ2) is 13.3. The van der Waals surface area contributed by atoms with Crippen molar-refractivity contribution in [3.05, 3.63) is 74.9 Å². The van der Waals surface area contributed by atoms with Gasteiger partial charge in [0.2, 0.25) is 5.91 Å². The average Bonchev–Trinajstić information content (AvgIpc) is 3.11. The molecule has 40 heavy (non-hydrogen) atoms. The summed E-state index contributed by atoms with van der Waals surface area (Å²) >= 11 is 5.92. The molecule has 0 atom stereocenters. The Labute approximate surface area is 239 Å². The van der Waals surface area contributed by atoms with Gasteiger partial charge in [0.15, 0.2) is 5.78 Å². The van der Waals surface area contributed by atoms with Crippen LogP contribution in [-0.2, 0) is 18.3 Å². The Morgan fingerprint density at radius 2 is 1.82 bits per heavy atom. The lowest BCUT2D eigenvalue weighted by Gasteiger charge is -2.24. The van der Waals surface area contributed by atoms with Crippen LogP contribution < -0.4 is 15.6 Å². The molecule has 0 radical (unpaired) electrons. The summed E-state index contributed by atoms with van der Waals surface area (Å²) in [5.41, 5.74) is 1.03. The summed E-state index contributed by atoms with van der Waals surface area (Å²) in [6.07, 6.45) is 1.16. The highest BCUT2D eigenvalue weighted by atomic mass is 35.5. The minimum absolute atomic E-state index is 0.0928. The lowest BCUT2D eigenvalue weighted by molar-refractivity contribution is -0.118. The lowest BCUT2D eigenvalue weighted by Crippen LogP contribution is -2.26. The number of hydrogen-bond donors (Lipinski definition) is 1. The van der Waals surface area contributed by atoms with Crippen LogP contribution in [0.25, 0.3) is 5.69 Å². The number of carbonyl (C=O) groups excluding carboxylic acids is 2. The highest BCUT2D eigenvalue weighted by Crippen LogP contribution is 2.32. The van der Waals surface area contributed by atoms with Gasteiger partial charge in [0.1, 0.15) is 17.3 Å². The molecule has 1 amide bonds. The summed E-state index contributed by atoms with van der Waals surface area (Å²) in [6.45, 7) is 6.49. The van der Waals surface area contributed by atoms with Gasteiger partial charge >= 0.3 is 0 Å². The molecule has 0 bridgehead atoms. The van der Waals surface area contributed by atoms with E-state index < -0.39 is 11.2 Å². The molecule has 1 aromatic heterocycles. The molecule has 216 valence electrons. The number of ether oxygens (including phenoxy) is 1. The molecule has 0 spiro atoms. The Balaban J connectivity index is 1.77. The molecule has 0 aliphatic rings. The summed E-state index contributed by atoms with van der Waals surface area (Å²) in [7, 11) is 5.71. The zero-order chi connectivity index (χ0) is 29.6. The molecular formula is C30H38ClFN4O4. The van der Waals surface area contributed by atoms with Gasteiger partial charge in [-0.3, -0.25) is 19.1 Å². The molecule has 0 aliphatic heterocycles. The maximum Gasteiger partial charge on any atom is 0.295 e. The number of halogens is 2. The van der Waals surface area contributed by atoms with Crippen LogP contribution in [0.3, 0.4) is 0 Å². The molecule has 1 N–H and O–H groups in total. The van der Waals surface area contributed by atoms with Crippen LogP contribution in [-0.4, -0.2) is 53.2 Å². The van der Waals surface area contributed by atoms with E-state index in [1.54, 1.807) is 16.3 Å². The number of likely N-dealkylation sites (N-methyl/N-ethyl adjacent to an activating group) is 1. The zero-order valence-electron chi connectivity index (χ0n) is 24.0. The largest absolute Gasteiger partial charge is 0.493 e. The van der Waals surface area contributed by atoms with E-state index in [-0.39, 0.29) is 58.7 Å². The summed E-state index contributed by atoms with van der Waals surface area (Å²) in [6, 6.07) is 11.7. The second-order valence-electron chi connectivity index (χ2n) is 10.9. The fourth-order valence-electron chi connectivity index (χ4n) is 4.56. The van der Waals surface area contributed by atoms with Crippen LogP contribution >= 0.6 is 11.6 Å². The van der Waals surface area contributed by atoms with E-state index in [0.29, 0.717) is 25.1 Å². The normalized spacial score (nSPS) is 11.6. The summed E-state index contributed by atoms with van der Waals surface area (Å²) in [5.74, 6) is -1.07. The molecule has 3 aromatic rings. The van der Waals surface area contributed by atoms with Crippen molar-refractivity contribution in [2.24, 2.45) is 12.5 Å². The van der Waals surface area contributed by atoms with Gasteiger partial charge in [-0.2, -0.15) is 0 Å². The van der Waals surface area contributed by atoms with Crippen LogP contribution in [0.1, 0.15) is 56.1 Å². The van der Waals surface area contributed by atoms with E-state index in [4.69, 9.17) is 16.3 Å². The minimum Gasteiger partial charge on any atom is -0.493 e. The number of rotatable bonds is 13. The Kier molecular flexibility index (Phi) is 10.3. The van der Waals surface area contributed by atoms with Gasteiger partial charge in [-0.05, 0) is 51.1 Å². The van der Waals surface area contributed by atoms with Gasteiger partial charge in [0.05, 0.1) is 28.6 Å². The van der Waals surface area contributed by atoms with E-state index >= 15 is 0 Å². The van der Waals surface area contributed by atoms with Crippen molar-refractivity contribution in [2.45, 2.75) is 46.5 Å². The quantitative estimate of drug-likeness (QED) is 0.274. The van der Waals surface area contributed by atoms with Crippen molar-refractivity contribution < 1.29 is 18.7 Å². The zero-order valence-corrected chi connectivity index (χ0v) is 24.8. The third kappa shape index (κ3) is 7.61. The third-order valence-electron chi connectivity index (χ3n) is 6.74.